The van der Waals surface area contributed by atoms with Crippen molar-refractivity contribution in [2.75, 3.05) is 6.54 Å². The second-order valence-electron chi connectivity index (χ2n) is 3.60. The lowest BCUT2D eigenvalue weighted by Gasteiger charge is -2.13. The second-order valence-corrected chi connectivity index (χ2v) is 3.60. The average molecular weight is 245 g/mol. The van der Waals surface area contributed by atoms with Crippen molar-refractivity contribution in [2.45, 2.75) is 38.8 Å². The van der Waals surface area contributed by atoms with Crippen LogP contribution in [0.1, 0.15) is 26.7 Å². The summed E-state index contributed by atoms with van der Waals surface area (Å²) in [5.41, 5.74) is 5.44. The number of amides is 2. The minimum absolute atomic E-state index is 0.268. The molecule has 98 valence electrons. The molecule has 0 saturated carbocycles. The van der Waals surface area contributed by atoms with Crippen LogP contribution < -0.4 is 16.4 Å². The summed E-state index contributed by atoms with van der Waals surface area (Å²) in [6.45, 7) is 3.13. The third kappa shape index (κ3) is 5.86. The molecule has 2 amide bonds. The Kier molecular flexibility index (Phi) is 6.88. The minimum Gasteiger partial charge on any atom is -0.480 e. The van der Waals surface area contributed by atoms with Gasteiger partial charge in [0, 0.05) is 0 Å². The van der Waals surface area contributed by atoms with Crippen molar-refractivity contribution in [1.82, 2.24) is 10.6 Å². The van der Waals surface area contributed by atoms with Gasteiger partial charge in [0.25, 0.3) is 0 Å². The number of nitrogens with two attached hydrogens (primary N) is 1. The molecule has 0 heterocycles. The number of hydrogen-bond acceptors (Lipinski definition) is 4. The first-order valence-electron chi connectivity index (χ1n) is 5.47. The molecule has 0 aliphatic heterocycles. The van der Waals surface area contributed by atoms with Crippen molar-refractivity contribution in [3.63, 3.8) is 0 Å². The lowest BCUT2D eigenvalue weighted by Crippen LogP contribution is -2.48. The van der Waals surface area contributed by atoms with Crippen molar-refractivity contribution in [1.29, 1.82) is 0 Å². The van der Waals surface area contributed by atoms with Crippen LogP contribution in [0.2, 0.25) is 0 Å². The van der Waals surface area contributed by atoms with Crippen LogP contribution in [0.5, 0.6) is 0 Å². The first-order valence-corrected chi connectivity index (χ1v) is 5.47. The summed E-state index contributed by atoms with van der Waals surface area (Å²) in [5.74, 6) is -2.07. The molecule has 5 N–H and O–H groups in total. The zero-order valence-corrected chi connectivity index (χ0v) is 10.0. The van der Waals surface area contributed by atoms with Crippen molar-refractivity contribution in [3.05, 3.63) is 0 Å². The predicted octanol–water partition coefficient (Wildman–Crippen LogP) is -1.18. The smallest absolute Gasteiger partial charge is 0.326 e. The summed E-state index contributed by atoms with van der Waals surface area (Å²) in [4.78, 5) is 33.2. The largest absolute Gasteiger partial charge is 0.480 e. The van der Waals surface area contributed by atoms with Crippen LogP contribution >= 0.6 is 0 Å². The number of carbonyl (C=O) groups excluding carboxylic acids is 2. The second kappa shape index (κ2) is 7.61. The number of carboxylic acid groups (broad SMARTS) is 1. The Bertz CT molecular complexity index is 293. The van der Waals surface area contributed by atoms with Crippen molar-refractivity contribution >= 4 is 17.8 Å². The lowest BCUT2D eigenvalue weighted by molar-refractivity contribution is -0.141. The summed E-state index contributed by atoms with van der Waals surface area (Å²) in [6.07, 6.45) is 0.754. The molecule has 2 atom stereocenters. The third-order valence-corrected chi connectivity index (χ3v) is 2.24. The van der Waals surface area contributed by atoms with E-state index < -0.39 is 29.9 Å². The van der Waals surface area contributed by atoms with Gasteiger partial charge in [-0.15, -0.1) is 0 Å². The standard InChI is InChI=1S/C10H19N3O4/c1-3-6(11)9(15)12-5-8(14)13-7(4-2)10(16)17/h6-7H,3-5,11H2,1-2H3,(H,12,15)(H,13,14)(H,16,17)/t6-,7+/m0/s1. The molecule has 7 heteroatoms. The van der Waals surface area contributed by atoms with Gasteiger partial charge in [0.2, 0.25) is 11.8 Å². The Morgan fingerprint density at radius 1 is 1.24 bits per heavy atom. The fraction of sp³-hybridized carbons (Fsp3) is 0.700. The van der Waals surface area contributed by atoms with E-state index in [0.29, 0.717) is 6.42 Å². The van der Waals surface area contributed by atoms with Gasteiger partial charge in [-0.05, 0) is 12.8 Å². The molecular weight excluding hydrogens is 226 g/mol. The van der Waals surface area contributed by atoms with Crippen LogP contribution in [0.4, 0.5) is 0 Å². The fourth-order valence-electron chi connectivity index (χ4n) is 1.07. The van der Waals surface area contributed by atoms with Gasteiger partial charge >= 0.3 is 5.97 Å². The molecule has 0 fully saturated rings. The maximum atomic E-state index is 11.3. The molecule has 0 radical (unpaired) electrons. The van der Waals surface area contributed by atoms with Gasteiger partial charge in [-0.2, -0.15) is 0 Å². The van der Waals surface area contributed by atoms with Crippen LogP contribution in [-0.4, -0.2) is 41.5 Å². The van der Waals surface area contributed by atoms with Crippen LogP contribution in [0.15, 0.2) is 0 Å². The van der Waals surface area contributed by atoms with Gasteiger partial charge in [-0.3, -0.25) is 9.59 Å². The Hall–Kier alpha value is -1.63. The quantitative estimate of drug-likeness (QED) is 0.450. The van der Waals surface area contributed by atoms with E-state index in [1.54, 1.807) is 13.8 Å². The normalized spacial score (nSPS) is 13.6. The average Bonchev–Trinajstić information content (AvgIpc) is 2.31. The summed E-state index contributed by atoms with van der Waals surface area (Å²) in [6, 6.07) is -1.58. The highest BCUT2D eigenvalue weighted by molar-refractivity contribution is 5.89. The number of carboxylic acids is 1. The minimum atomic E-state index is -1.10. The number of carbonyl (C=O) groups is 3. The fourth-order valence-corrected chi connectivity index (χ4v) is 1.07. The molecule has 0 aliphatic rings. The molecule has 0 aromatic rings. The van der Waals surface area contributed by atoms with Crippen LogP contribution in [0.25, 0.3) is 0 Å². The highest BCUT2D eigenvalue weighted by Gasteiger charge is 2.18. The van der Waals surface area contributed by atoms with E-state index in [0.717, 1.165) is 0 Å². The van der Waals surface area contributed by atoms with Gasteiger partial charge < -0.3 is 21.5 Å². The SMILES string of the molecule is CC[C@H](N)C(=O)NCC(=O)N[C@H](CC)C(=O)O. The first kappa shape index (κ1) is 15.4. The highest BCUT2D eigenvalue weighted by Crippen LogP contribution is 1.90. The molecule has 0 rings (SSSR count). The predicted molar refractivity (Wildman–Crippen MR) is 61.1 cm³/mol. The Morgan fingerprint density at radius 3 is 2.24 bits per heavy atom. The number of rotatable bonds is 7. The molecule has 7 nitrogen and oxygen atoms in total. The molecule has 0 aromatic heterocycles. The zero-order chi connectivity index (χ0) is 13.4. The van der Waals surface area contributed by atoms with E-state index in [1.807, 2.05) is 0 Å². The van der Waals surface area contributed by atoms with E-state index in [1.165, 1.54) is 0 Å². The summed E-state index contributed by atoms with van der Waals surface area (Å²) >= 11 is 0. The van der Waals surface area contributed by atoms with E-state index in [4.69, 9.17) is 10.8 Å². The van der Waals surface area contributed by atoms with E-state index in [-0.39, 0.29) is 13.0 Å². The van der Waals surface area contributed by atoms with E-state index in [9.17, 15) is 14.4 Å². The molecular formula is C10H19N3O4. The van der Waals surface area contributed by atoms with Gasteiger partial charge in [-0.25, -0.2) is 4.79 Å². The van der Waals surface area contributed by atoms with Crippen molar-refractivity contribution in [2.24, 2.45) is 5.73 Å². The van der Waals surface area contributed by atoms with Crippen molar-refractivity contribution < 1.29 is 19.5 Å². The molecule has 0 aliphatic carbocycles. The van der Waals surface area contributed by atoms with E-state index >= 15 is 0 Å². The van der Waals surface area contributed by atoms with E-state index in [2.05, 4.69) is 10.6 Å². The Morgan fingerprint density at radius 2 is 1.82 bits per heavy atom. The zero-order valence-electron chi connectivity index (χ0n) is 10.0. The first-order chi connectivity index (χ1) is 7.92. The summed E-state index contributed by atoms with van der Waals surface area (Å²) < 4.78 is 0. The number of hydrogen-bond donors (Lipinski definition) is 4. The van der Waals surface area contributed by atoms with Gasteiger partial charge in [-0.1, -0.05) is 13.8 Å². The highest BCUT2D eigenvalue weighted by atomic mass is 16.4. The molecule has 0 saturated heterocycles. The Balaban J connectivity index is 4.03. The Labute approximate surface area is 99.7 Å². The monoisotopic (exact) mass is 245 g/mol. The van der Waals surface area contributed by atoms with Gasteiger partial charge in [0.05, 0.1) is 12.6 Å². The van der Waals surface area contributed by atoms with Crippen LogP contribution in [0, 0.1) is 0 Å². The van der Waals surface area contributed by atoms with Crippen LogP contribution in [-0.2, 0) is 14.4 Å². The molecule has 0 spiro atoms. The topological polar surface area (TPSA) is 122 Å². The summed E-state index contributed by atoms with van der Waals surface area (Å²) in [5, 5.41) is 13.3. The molecule has 0 bridgehead atoms. The number of aliphatic carboxylic acids is 1. The number of nitrogens with one attached hydrogen (secondary N) is 2. The molecule has 0 unspecified atom stereocenters. The van der Waals surface area contributed by atoms with Crippen LogP contribution in [0.3, 0.4) is 0 Å². The lowest BCUT2D eigenvalue weighted by atomic mass is 10.2. The third-order valence-electron chi connectivity index (χ3n) is 2.24. The maximum absolute atomic E-state index is 11.3. The maximum Gasteiger partial charge on any atom is 0.326 e. The van der Waals surface area contributed by atoms with Gasteiger partial charge in [0.1, 0.15) is 6.04 Å². The molecule has 0 aromatic carbocycles. The van der Waals surface area contributed by atoms with Crippen molar-refractivity contribution in [3.8, 4) is 0 Å². The molecule has 17 heavy (non-hydrogen) atoms. The van der Waals surface area contributed by atoms with Gasteiger partial charge in [0.15, 0.2) is 0 Å². The summed E-state index contributed by atoms with van der Waals surface area (Å²) in [7, 11) is 0.